The van der Waals surface area contributed by atoms with E-state index in [4.69, 9.17) is 5.73 Å². The predicted octanol–water partition coefficient (Wildman–Crippen LogP) is 5.16. The maximum absolute atomic E-state index is 9.95. The summed E-state index contributed by atoms with van der Waals surface area (Å²) < 4.78 is 0. The molecule has 0 bridgehead atoms. The van der Waals surface area contributed by atoms with Gasteiger partial charge < -0.3 is 16.2 Å². The van der Waals surface area contributed by atoms with Crippen molar-refractivity contribution in [3.63, 3.8) is 0 Å². The van der Waals surface area contributed by atoms with Gasteiger partial charge in [0.15, 0.2) is 0 Å². The van der Waals surface area contributed by atoms with Gasteiger partial charge in [0.2, 0.25) is 0 Å². The summed E-state index contributed by atoms with van der Waals surface area (Å²) in [6, 6.07) is 0. The normalized spacial score (nSPS) is 12.6. The summed E-state index contributed by atoms with van der Waals surface area (Å²) in [6.07, 6.45) is 20.7. The Bertz CT molecular complexity index is 224. The van der Waals surface area contributed by atoms with Crippen LogP contribution in [0.2, 0.25) is 0 Å². The molecule has 24 heavy (non-hydrogen) atoms. The molecule has 0 saturated heterocycles. The number of aliphatic hydroxyl groups excluding tert-OH is 1. The first kappa shape index (κ1) is 23.9. The Morgan fingerprint density at radius 1 is 0.708 bits per heavy atom. The zero-order valence-corrected chi connectivity index (χ0v) is 16.5. The van der Waals surface area contributed by atoms with E-state index in [2.05, 4.69) is 12.2 Å². The first-order valence-corrected chi connectivity index (χ1v) is 10.9. The second-order valence-electron chi connectivity index (χ2n) is 7.39. The molecule has 3 heteroatoms. The molecule has 0 saturated carbocycles. The van der Waals surface area contributed by atoms with E-state index in [0.717, 1.165) is 32.5 Å². The number of hydrogen-bond acceptors (Lipinski definition) is 3. The standard InChI is InChI=1S/C21H46N2O/c1-2-3-4-5-6-7-8-9-10-11-14-17-21(24)20-23-19-16-13-12-15-18-22/h21,23-24H,2-20,22H2,1H3. The Balaban J connectivity index is 3.11. The van der Waals surface area contributed by atoms with Crippen molar-refractivity contribution in [3.8, 4) is 0 Å². The maximum atomic E-state index is 9.95. The molecule has 0 fully saturated rings. The highest BCUT2D eigenvalue weighted by molar-refractivity contribution is 4.60. The fraction of sp³-hybridized carbons (Fsp3) is 1.00. The van der Waals surface area contributed by atoms with Crippen LogP contribution in [0.3, 0.4) is 0 Å². The highest BCUT2D eigenvalue weighted by atomic mass is 16.3. The Labute approximate surface area is 152 Å². The van der Waals surface area contributed by atoms with Crippen molar-refractivity contribution in [2.75, 3.05) is 19.6 Å². The Morgan fingerprint density at radius 2 is 1.21 bits per heavy atom. The quantitative estimate of drug-likeness (QED) is 0.268. The molecule has 0 amide bonds. The molecule has 0 aromatic rings. The summed E-state index contributed by atoms with van der Waals surface area (Å²) in [5.41, 5.74) is 5.47. The molecular formula is C21H46N2O. The minimum absolute atomic E-state index is 0.160. The second kappa shape index (κ2) is 20.9. The lowest BCUT2D eigenvalue weighted by atomic mass is 10.0. The molecule has 146 valence electrons. The van der Waals surface area contributed by atoms with E-state index in [1.165, 1.54) is 89.9 Å². The average molecular weight is 343 g/mol. The zero-order valence-electron chi connectivity index (χ0n) is 16.5. The zero-order chi connectivity index (χ0) is 17.7. The van der Waals surface area contributed by atoms with Crippen LogP contribution in [-0.2, 0) is 0 Å². The van der Waals surface area contributed by atoms with Crippen LogP contribution in [0, 0.1) is 0 Å². The fourth-order valence-corrected chi connectivity index (χ4v) is 3.16. The highest BCUT2D eigenvalue weighted by Gasteiger charge is 2.03. The van der Waals surface area contributed by atoms with E-state index in [-0.39, 0.29) is 6.10 Å². The molecule has 0 radical (unpaired) electrons. The lowest BCUT2D eigenvalue weighted by Gasteiger charge is -2.11. The van der Waals surface area contributed by atoms with Crippen LogP contribution in [0.1, 0.15) is 110 Å². The maximum Gasteiger partial charge on any atom is 0.0664 e. The molecule has 4 N–H and O–H groups in total. The van der Waals surface area contributed by atoms with Crippen molar-refractivity contribution in [2.45, 2.75) is 116 Å². The van der Waals surface area contributed by atoms with Crippen molar-refractivity contribution in [2.24, 2.45) is 5.73 Å². The minimum Gasteiger partial charge on any atom is -0.392 e. The summed E-state index contributed by atoms with van der Waals surface area (Å²) in [4.78, 5) is 0. The first-order valence-electron chi connectivity index (χ1n) is 10.9. The molecular weight excluding hydrogens is 296 g/mol. The molecule has 0 rings (SSSR count). The van der Waals surface area contributed by atoms with Crippen molar-refractivity contribution in [3.05, 3.63) is 0 Å². The van der Waals surface area contributed by atoms with Gasteiger partial charge in [-0.15, -0.1) is 0 Å². The molecule has 0 aromatic heterocycles. The van der Waals surface area contributed by atoms with Crippen molar-refractivity contribution < 1.29 is 5.11 Å². The third kappa shape index (κ3) is 19.9. The molecule has 1 unspecified atom stereocenters. The summed E-state index contributed by atoms with van der Waals surface area (Å²) in [5, 5.41) is 13.3. The molecule has 3 nitrogen and oxygen atoms in total. The van der Waals surface area contributed by atoms with Crippen LogP contribution in [0.5, 0.6) is 0 Å². The van der Waals surface area contributed by atoms with E-state index in [9.17, 15) is 5.11 Å². The van der Waals surface area contributed by atoms with Gasteiger partial charge in [-0.2, -0.15) is 0 Å². The van der Waals surface area contributed by atoms with E-state index in [0.29, 0.717) is 0 Å². The molecule has 1 atom stereocenters. The van der Waals surface area contributed by atoms with Gasteiger partial charge in [-0.25, -0.2) is 0 Å². The lowest BCUT2D eigenvalue weighted by Crippen LogP contribution is -2.27. The Hall–Kier alpha value is -0.120. The van der Waals surface area contributed by atoms with Crippen LogP contribution in [-0.4, -0.2) is 30.8 Å². The summed E-state index contributed by atoms with van der Waals surface area (Å²) in [5.74, 6) is 0. The van der Waals surface area contributed by atoms with Crippen LogP contribution in [0.15, 0.2) is 0 Å². The van der Waals surface area contributed by atoms with E-state index >= 15 is 0 Å². The van der Waals surface area contributed by atoms with Crippen molar-refractivity contribution in [1.29, 1.82) is 0 Å². The van der Waals surface area contributed by atoms with Crippen LogP contribution < -0.4 is 11.1 Å². The van der Waals surface area contributed by atoms with Gasteiger partial charge in [-0.1, -0.05) is 90.4 Å². The third-order valence-electron chi connectivity index (χ3n) is 4.83. The number of nitrogens with two attached hydrogens (primary N) is 1. The lowest BCUT2D eigenvalue weighted by molar-refractivity contribution is 0.158. The fourth-order valence-electron chi connectivity index (χ4n) is 3.16. The second-order valence-corrected chi connectivity index (χ2v) is 7.39. The summed E-state index contributed by atoms with van der Waals surface area (Å²) in [7, 11) is 0. The SMILES string of the molecule is CCCCCCCCCCCCCC(O)CNCCCCCCN. The number of nitrogens with one attached hydrogen (secondary N) is 1. The van der Waals surface area contributed by atoms with Crippen LogP contribution >= 0.6 is 0 Å². The number of hydrogen-bond donors (Lipinski definition) is 3. The Kier molecular flexibility index (Phi) is 20.8. The van der Waals surface area contributed by atoms with E-state index in [1.807, 2.05) is 0 Å². The molecule has 0 aliphatic rings. The van der Waals surface area contributed by atoms with Gasteiger partial charge in [0, 0.05) is 6.54 Å². The van der Waals surface area contributed by atoms with Crippen molar-refractivity contribution >= 4 is 0 Å². The monoisotopic (exact) mass is 342 g/mol. The van der Waals surface area contributed by atoms with Crippen LogP contribution in [0.4, 0.5) is 0 Å². The largest absolute Gasteiger partial charge is 0.392 e. The van der Waals surface area contributed by atoms with E-state index in [1.54, 1.807) is 0 Å². The summed E-state index contributed by atoms with van der Waals surface area (Å²) in [6.45, 7) is 4.87. The smallest absolute Gasteiger partial charge is 0.0664 e. The number of rotatable bonds is 20. The number of aliphatic hydroxyl groups is 1. The van der Waals surface area contributed by atoms with Gasteiger partial charge in [0.1, 0.15) is 0 Å². The molecule has 0 spiro atoms. The van der Waals surface area contributed by atoms with Gasteiger partial charge in [-0.3, -0.25) is 0 Å². The average Bonchev–Trinajstić information content (AvgIpc) is 2.59. The molecule has 0 aromatic carbocycles. The first-order chi connectivity index (χ1) is 11.8. The number of unbranched alkanes of at least 4 members (excludes halogenated alkanes) is 13. The van der Waals surface area contributed by atoms with Crippen molar-refractivity contribution in [1.82, 2.24) is 5.32 Å². The van der Waals surface area contributed by atoms with Gasteiger partial charge in [0.25, 0.3) is 0 Å². The van der Waals surface area contributed by atoms with Gasteiger partial charge >= 0.3 is 0 Å². The topological polar surface area (TPSA) is 58.3 Å². The van der Waals surface area contributed by atoms with Gasteiger partial charge in [0.05, 0.1) is 6.10 Å². The van der Waals surface area contributed by atoms with Gasteiger partial charge in [-0.05, 0) is 32.4 Å². The summed E-state index contributed by atoms with van der Waals surface area (Å²) >= 11 is 0. The highest BCUT2D eigenvalue weighted by Crippen LogP contribution is 2.12. The molecule has 0 heterocycles. The van der Waals surface area contributed by atoms with E-state index < -0.39 is 0 Å². The Morgan fingerprint density at radius 3 is 1.79 bits per heavy atom. The molecule has 0 aliphatic carbocycles. The van der Waals surface area contributed by atoms with Crippen LogP contribution in [0.25, 0.3) is 0 Å². The minimum atomic E-state index is -0.160. The third-order valence-corrected chi connectivity index (χ3v) is 4.83. The molecule has 0 aliphatic heterocycles. The predicted molar refractivity (Wildman–Crippen MR) is 107 cm³/mol.